The van der Waals surface area contributed by atoms with Gasteiger partial charge in [0.05, 0.1) is 11.9 Å². The fraction of sp³-hybridized carbons (Fsp3) is 0.333. The van der Waals surface area contributed by atoms with Gasteiger partial charge in [-0.15, -0.1) is 0 Å². The fourth-order valence-corrected chi connectivity index (χ4v) is 3.71. The number of pyridine rings is 1. The van der Waals surface area contributed by atoms with Gasteiger partial charge in [-0.3, -0.25) is 14.5 Å². The van der Waals surface area contributed by atoms with E-state index in [0.29, 0.717) is 16.4 Å². The van der Waals surface area contributed by atoms with Crippen molar-refractivity contribution in [3.8, 4) is 11.4 Å². The Kier molecular flexibility index (Phi) is 5.71. The van der Waals surface area contributed by atoms with Gasteiger partial charge in [-0.05, 0) is 50.5 Å². The minimum Gasteiger partial charge on any atom is -0.370 e. The van der Waals surface area contributed by atoms with Crippen LogP contribution in [0.3, 0.4) is 0 Å². The van der Waals surface area contributed by atoms with Gasteiger partial charge in [0.15, 0.2) is 10.6 Å². The zero-order valence-electron chi connectivity index (χ0n) is 16.4. The highest BCUT2D eigenvalue weighted by atomic mass is 32.1. The van der Waals surface area contributed by atoms with Gasteiger partial charge in [0, 0.05) is 18.7 Å². The van der Waals surface area contributed by atoms with E-state index in [1.165, 1.54) is 19.3 Å². The molecule has 2 N–H and O–H groups in total. The predicted octanol–water partition coefficient (Wildman–Crippen LogP) is 3.94. The van der Waals surface area contributed by atoms with Gasteiger partial charge in [0.1, 0.15) is 12.4 Å². The zero-order chi connectivity index (χ0) is 20.2. The first-order valence-electron chi connectivity index (χ1n) is 9.83. The summed E-state index contributed by atoms with van der Waals surface area (Å²) in [6, 6.07) is 11.8. The predicted molar refractivity (Wildman–Crippen MR) is 117 cm³/mol. The van der Waals surface area contributed by atoms with Crippen LogP contribution in [0.2, 0.25) is 0 Å². The average molecular weight is 409 g/mol. The number of carbonyl (C=O) groups is 1. The molecule has 2 aromatic heterocycles. The van der Waals surface area contributed by atoms with Crippen molar-refractivity contribution < 1.29 is 4.79 Å². The molecule has 0 spiro atoms. The smallest absolute Gasteiger partial charge is 0.245 e. The normalized spacial score (nSPS) is 14.0. The summed E-state index contributed by atoms with van der Waals surface area (Å²) in [6.07, 6.45) is 5.54. The highest BCUT2D eigenvalue weighted by Crippen LogP contribution is 2.21. The second-order valence-electron chi connectivity index (χ2n) is 7.30. The molecule has 4 rings (SSSR count). The van der Waals surface area contributed by atoms with E-state index in [9.17, 15) is 4.79 Å². The van der Waals surface area contributed by atoms with Crippen LogP contribution in [0.5, 0.6) is 0 Å². The van der Waals surface area contributed by atoms with Crippen LogP contribution in [0.1, 0.15) is 24.8 Å². The van der Waals surface area contributed by atoms with E-state index in [1.807, 2.05) is 49.5 Å². The number of carbonyl (C=O) groups excluding carboxylic acids is 1. The number of hydrogen-bond acceptors (Lipinski definition) is 5. The Morgan fingerprint density at radius 2 is 1.90 bits per heavy atom. The van der Waals surface area contributed by atoms with Crippen molar-refractivity contribution in [3.05, 3.63) is 52.9 Å². The Morgan fingerprint density at radius 1 is 1.14 bits per heavy atom. The summed E-state index contributed by atoms with van der Waals surface area (Å²) in [5.41, 5.74) is 3.16. The first-order chi connectivity index (χ1) is 14.1. The molecular weight excluding hydrogens is 384 g/mol. The zero-order valence-corrected chi connectivity index (χ0v) is 17.2. The maximum atomic E-state index is 12.6. The minimum absolute atomic E-state index is 0.0636. The van der Waals surface area contributed by atoms with Crippen LogP contribution in [0.4, 0.5) is 11.5 Å². The molecule has 0 aliphatic carbocycles. The molecule has 1 saturated heterocycles. The van der Waals surface area contributed by atoms with Gasteiger partial charge < -0.3 is 10.2 Å². The van der Waals surface area contributed by atoms with Crippen LogP contribution in [-0.2, 0) is 11.3 Å². The number of amides is 1. The lowest BCUT2D eigenvalue weighted by Gasteiger charge is -2.28. The molecule has 0 radical (unpaired) electrons. The quantitative estimate of drug-likeness (QED) is 0.625. The maximum absolute atomic E-state index is 12.6. The SMILES string of the molecule is Cc1ccc(-c2n[nH]c(=S)n2CC(=O)Nc2ccc(N3CCCCC3)cn2)cc1. The molecule has 7 nitrogen and oxygen atoms in total. The summed E-state index contributed by atoms with van der Waals surface area (Å²) in [7, 11) is 0. The Labute approximate surface area is 174 Å². The number of rotatable bonds is 5. The van der Waals surface area contributed by atoms with E-state index in [2.05, 4.69) is 25.4 Å². The standard InChI is InChI=1S/C21H24N6OS/c1-15-5-7-16(8-6-15)20-24-25-21(29)27(20)14-19(28)23-18-10-9-17(13-22-18)26-11-3-2-4-12-26/h5-10,13H,2-4,11-12,14H2,1H3,(H,25,29)(H,22,23,28). The summed E-state index contributed by atoms with van der Waals surface area (Å²) in [6.45, 7) is 4.22. The van der Waals surface area contributed by atoms with E-state index in [0.717, 1.165) is 29.9 Å². The molecule has 0 saturated carbocycles. The van der Waals surface area contributed by atoms with Crippen molar-refractivity contribution in [3.63, 3.8) is 0 Å². The molecule has 0 bridgehead atoms. The van der Waals surface area contributed by atoms with Gasteiger partial charge in [0.25, 0.3) is 0 Å². The van der Waals surface area contributed by atoms with Crippen LogP contribution in [-0.4, -0.2) is 38.7 Å². The van der Waals surface area contributed by atoms with Gasteiger partial charge in [0.2, 0.25) is 5.91 Å². The van der Waals surface area contributed by atoms with Crippen molar-refractivity contribution in [2.75, 3.05) is 23.3 Å². The second kappa shape index (κ2) is 8.57. The first kappa shape index (κ1) is 19.3. The molecule has 1 fully saturated rings. The van der Waals surface area contributed by atoms with Crippen molar-refractivity contribution >= 4 is 29.6 Å². The average Bonchev–Trinajstić information content (AvgIpc) is 3.10. The highest BCUT2D eigenvalue weighted by molar-refractivity contribution is 7.71. The van der Waals surface area contributed by atoms with E-state index < -0.39 is 0 Å². The summed E-state index contributed by atoms with van der Waals surface area (Å²) in [4.78, 5) is 19.3. The number of H-pyrrole nitrogens is 1. The molecule has 3 heterocycles. The lowest BCUT2D eigenvalue weighted by atomic mass is 10.1. The third kappa shape index (κ3) is 4.54. The summed E-state index contributed by atoms with van der Waals surface area (Å²) in [5.74, 6) is 0.968. The molecule has 1 aromatic carbocycles. The van der Waals surface area contributed by atoms with Crippen molar-refractivity contribution in [1.82, 2.24) is 19.7 Å². The van der Waals surface area contributed by atoms with Gasteiger partial charge in [-0.25, -0.2) is 4.98 Å². The molecule has 1 aliphatic heterocycles. The molecule has 1 amide bonds. The molecule has 3 aromatic rings. The number of aromatic amines is 1. The number of benzene rings is 1. The Hall–Kier alpha value is -3.00. The Morgan fingerprint density at radius 3 is 2.59 bits per heavy atom. The highest BCUT2D eigenvalue weighted by Gasteiger charge is 2.14. The van der Waals surface area contributed by atoms with Crippen molar-refractivity contribution in [1.29, 1.82) is 0 Å². The number of nitrogens with zero attached hydrogens (tertiary/aromatic N) is 4. The monoisotopic (exact) mass is 408 g/mol. The lowest BCUT2D eigenvalue weighted by molar-refractivity contribution is -0.116. The van der Waals surface area contributed by atoms with E-state index >= 15 is 0 Å². The van der Waals surface area contributed by atoms with Crippen molar-refractivity contribution in [2.24, 2.45) is 0 Å². The second-order valence-corrected chi connectivity index (χ2v) is 7.69. The molecule has 0 atom stereocenters. The van der Waals surface area contributed by atoms with Gasteiger partial charge >= 0.3 is 0 Å². The maximum Gasteiger partial charge on any atom is 0.245 e. The number of anilines is 2. The summed E-state index contributed by atoms with van der Waals surface area (Å²) < 4.78 is 2.10. The lowest BCUT2D eigenvalue weighted by Crippen LogP contribution is -2.29. The topological polar surface area (TPSA) is 78.8 Å². The molecule has 1 aliphatic rings. The molecule has 0 unspecified atom stereocenters. The van der Waals surface area contributed by atoms with E-state index in [4.69, 9.17) is 12.2 Å². The largest absolute Gasteiger partial charge is 0.370 e. The van der Waals surface area contributed by atoms with E-state index in [-0.39, 0.29) is 12.5 Å². The van der Waals surface area contributed by atoms with Gasteiger partial charge in [-0.1, -0.05) is 29.8 Å². The van der Waals surface area contributed by atoms with Crippen molar-refractivity contribution in [2.45, 2.75) is 32.7 Å². The number of hydrogen-bond donors (Lipinski definition) is 2. The molecule has 150 valence electrons. The van der Waals surface area contributed by atoms with Crippen LogP contribution in [0, 0.1) is 11.7 Å². The number of aromatic nitrogens is 4. The van der Waals surface area contributed by atoms with Crippen LogP contribution < -0.4 is 10.2 Å². The third-order valence-corrected chi connectivity index (χ3v) is 5.42. The minimum atomic E-state index is -0.200. The number of nitrogens with one attached hydrogen (secondary N) is 2. The summed E-state index contributed by atoms with van der Waals surface area (Å²) in [5, 5.41) is 9.91. The molecule has 8 heteroatoms. The first-order valence-corrected chi connectivity index (χ1v) is 10.2. The third-order valence-electron chi connectivity index (χ3n) is 5.11. The number of aryl methyl sites for hydroxylation is 1. The van der Waals surface area contributed by atoms with Crippen LogP contribution in [0.25, 0.3) is 11.4 Å². The fourth-order valence-electron chi connectivity index (χ4n) is 3.51. The molecule has 29 heavy (non-hydrogen) atoms. The van der Waals surface area contributed by atoms with Crippen LogP contribution >= 0.6 is 12.2 Å². The van der Waals surface area contributed by atoms with Crippen LogP contribution in [0.15, 0.2) is 42.6 Å². The van der Waals surface area contributed by atoms with E-state index in [1.54, 1.807) is 4.57 Å². The Bertz CT molecular complexity index is 1030. The number of piperidine rings is 1. The summed E-state index contributed by atoms with van der Waals surface area (Å²) >= 11 is 5.31. The van der Waals surface area contributed by atoms with Gasteiger partial charge in [-0.2, -0.15) is 5.10 Å². The Balaban J connectivity index is 1.44. The molecular formula is C21H24N6OS.